The Morgan fingerprint density at radius 2 is 1.92 bits per heavy atom. The Morgan fingerprint density at radius 3 is 2.42 bits per heavy atom. The van der Waals surface area contributed by atoms with Crippen LogP contribution in [0.3, 0.4) is 0 Å². The molecule has 12 heavy (non-hydrogen) atoms. The van der Waals surface area contributed by atoms with E-state index in [-0.39, 0.29) is 5.92 Å². The molecular weight excluding hydrogens is 148 g/mol. The van der Waals surface area contributed by atoms with Gasteiger partial charge in [-0.1, -0.05) is 19.4 Å². The smallest absolute Gasteiger partial charge is 0.161 e. The van der Waals surface area contributed by atoms with E-state index in [1.807, 2.05) is 13.8 Å². The van der Waals surface area contributed by atoms with E-state index in [9.17, 15) is 4.79 Å². The SMILES string of the molecule is CC(C)=C1CC[C@@H](C)[C@@H](C)C1=O. The average Bonchev–Trinajstić information content (AvgIpc) is 2.00. The van der Waals surface area contributed by atoms with Crippen molar-refractivity contribution in [3.05, 3.63) is 11.1 Å². The van der Waals surface area contributed by atoms with Gasteiger partial charge in [-0.25, -0.2) is 0 Å². The second kappa shape index (κ2) is 3.42. The first-order valence-corrected chi connectivity index (χ1v) is 4.74. The Labute approximate surface area is 74.9 Å². The summed E-state index contributed by atoms with van der Waals surface area (Å²) >= 11 is 0. The van der Waals surface area contributed by atoms with Crippen LogP contribution in [0.15, 0.2) is 11.1 Å². The zero-order valence-electron chi connectivity index (χ0n) is 8.48. The Balaban J connectivity index is 2.87. The average molecular weight is 166 g/mol. The Bertz CT molecular complexity index is 221. The summed E-state index contributed by atoms with van der Waals surface area (Å²) in [6, 6.07) is 0. The van der Waals surface area contributed by atoms with Gasteiger partial charge in [0.1, 0.15) is 0 Å². The standard InChI is InChI=1S/C11H18O/c1-7(2)10-6-5-8(3)9(4)11(10)12/h8-9H,5-6H2,1-4H3/t8-,9-/m1/s1. The lowest BCUT2D eigenvalue weighted by molar-refractivity contribution is -0.121. The van der Waals surface area contributed by atoms with Crippen molar-refractivity contribution < 1.29 is 4.79 Å². The number of ketones is 1. The fourth-order valence-electron chi connectivity index (χ4n) is 1.77. The molecule has 0 spiro atoms. The zero-order valence-corrected chi connectivity index (χ0v) is 8.48. The van der Waals surface area contributed by atoms with Gasteiger partial charge in [0.05, 0.1) is 0 Å². The summed E-state index contributed by atoms with van der Waals surface area (Å²) in [6.45, 7) is 8.30. The third-order valence-electron chi connectivity index (χ3n) is 3.02. The summed E-state index contributed by atoms with van der Waals surface area (Å²) in [5.74, 6) is 1.19. The fraction of sp³-hybridized carbons (Fsp3) is 0.727. The van der Waals surface area contributed by atoms with E-state index in [1.165, 1.54) is 12.0 Å². The molecule has 0 unspecified atom stereocenters. The summed E-state index contributed by atoms with van der Waals surface area (Å²) in [5, 5.41) is 0. The summed E-state index contributed by atoms with van der Waals surface area (Å²) < 4.78 is 0. The van der Waals surface area contributed by atoms with Gasteiger partial charge >= 0.3 is 0 Å². The molecule has 0 amide bonds. The lowest BCUT2D eigenvalue weighted by Crippen LogP contribution is -2.26. The molecule has 0 aliphatic heterocycles. The van der Waals surface area contributed by atoms with Crippen molar-refractivity contribution >= 4 is 5.78 Å². The normalized spacial score (nSPS) is 30.7. The van der Waals surface area contributed by atoms with Crippen molar-refractivity contribution in [2.45, 2.75) is 40.5 Å². The molecule has 1 saturated carbocycles. The molecule has 0 bridgehead atoms. The van der Waals surface area contributed by atoms with Gasteiger partial charge in [-0.05, 0) is 38.2 Å². The van der Waals surface area contributed by atoms with Crippen LogP contribution in [0.4, 0.5) is 0 Å². The summed E-state index contributed by atoms with van der Waals surface area (Å²) in [4.78, 5) is 11.7. The van der Waals surface area contributed by atoms with Crippen LogP contribution in [0, 0.1) is 11.8 Å². The molecule has 68 valence electrons. The Hall–Kier alpha value is -0.590. The maximum absolute atomic E-state index is 11.7. The minimum Gasteiger partial charge on any atom is -0.294 e. The molecule has 0 N–H and O–H groups in total. The molecule has 2 atom stereocenters. The first-order valence-electron chi connectivity index (χ1n) is 4.74. The number of carbonyl (C=O) groups excluding carboxylic acids is 1. The zero-order chi connectivity index (χ0) is 9.30. The molecule has 0 saturated heterocycles. The van der Waals surface area contributed by atoms with E-state index >= 15 is 0 Å². The first-order chi connectivity index (χ1) is 5.54. The largest absolute Gasteiger partial charge is 0.294 e. The molecule has 0 aromatic heterocycles. The van der Waals surface area contributed by atoms with E-state index in [2.05, 4.69) is 13.8 Å². The number of Topliss-reactive ketones (excluding diaryl/α,β-unsaturated/α-hetero) is 1. The highest BCUT2D eigenvalue weighted by molar-refractivity contribution is 5.98. The number of hydrogen-bond acceptors (Lipinski definition) is 1. The van der Waals surface area contributed by atoms with Crippen LogP contribution in [0.5, 0.6) is 0 Å². The van der Waals surface area contributed by atoms with Crippen LogP contribution in [-0.4, -0.2) is 5.78 Å². The number of hydrogen-bond donors (Lipinski definition) is 0. The number of rotatable bonds is 0. The first kappa shape index (κ1) is 9.50. The van der Waals surface area contributed by atoms with Gasteiger partial charge in [-0.3, -0.25) is 4.79 Å². The minimum absolute atomic E-state index is 0.239. The van der Waals surface area contributed by atoms with Crippen LogP contribution >= 0.6 is 0 Å². The highest BCUT2D eigenvalue weighted by atomic mass is 16.1. The van der Waals surface area contributed by atoms with Crippen molar-refractivity contribution in [3.63, 3.8) is 0 Å². The lowest BCUT2D eigenvalue weighted by atomic mass is 9.77. The fourth-order valence-corrected chi connectivity index (χ4v) is 1.77. The molecule has 1 fully saturated rings. The van der Waals surface area contributed by atoms with E-state index in [0.717, 1.165) is 12.0 Å². The van der Waals surface area contributed by atoms with E-state index in [0.29, 0.717) is 11.7 Å². The molecule has 1 nitrogen and oxygen atoms in total. The van der Waals surface area contributed by atoms with Gasteiger partial charge in [-0.15, -0.1) is 0 Å². The van der Waals surface area contributed by atoms with Gasteiger partial charge in [0.15, 0.2) is 5.78 Å². The lowest BCUT2D eigenvalue weighted by Gasteiger charge is -2.26. The van der Waals surface area contributed by atoms with Gasteiger partial charge in [0, 0.05) is 5.92 Å². The number of allylic oxidation sites excluding steroid dienone is 2. The van der Waals surface area contributed by atoms with Gasteiger partial charge < -0.3 is 0 Å². The van der Waals surface area contributed by atoms with Gasteiger partial charge in [-0.2, -0.15) is 0 Å². The third kappa shape index (κ3) is 1.60. The highest BCUT2D eigenvalue weighted by Gasteiger charge is 2.28. The van der Waals surface area contributed by atoms with Crippen molar-refractivity contribution in [1.29, 1.82) is 0 Å². The molecule has 1 aliphatic carbocycles. The van der Waals surface area contributed by atoms with Crippen LogP contribution < -0.4 is 0 Å². The third-order valence-corrected chi connectivity index (χ3v) is 3.02. The molecule has 0 heterocycles. The maximum Gasteiger partial charge on any atom is 0.161 e. The van der Waals surface area contributed by atoms with Crippen LogP contribution in [0.2, 0.25) is 0 Å². The van der Waals surface area contributed by atoms with Gasteiger partial charge in [0.2, 0.25) is 0 Å². The highest BCUT2D eigenvalue weighted by Crippen LogP contribution is 2.31. The van der Waals surface area contributed by atoms with Crippen molar-refractivity contribution in [1.82, 2.24) is 0 Å². The monoisotopic (exact) mass is 166 g/mol. The van der Waals surface area contributed by atoms with Crippen LogP contribution in [0.25, 0.3) is 0 Å². The molecule has 0 aromatic rings. The predicted molar refractivity (Wildman–Crippen MR) is 50.9 cm³/mol. The Morgan fingerprint density at radius 1 is 1.33 bits per heavy atom. The van der Waals surface area contributed by atoms with Gasteiger partial charge in [0.25, 0.3) is 0 Å². The summed E-state index contributed by atoms with van der Waals surface area (Å²) in [6.07, 6.45) is 2.17. The molecule has 1 rings (SSSR count). The molecule has 0 aromatic carbocycles. The molecule has 1 aliphatic rings. The quantitative estimate of drug-likeness (QED) is 0.506. The Kier molecular flexibility index (Phi) is 2.71. The minimum atomic E-state index is 0.239. The van der Waals surface area contributed by atoms with Crippen molar-refractivity contribution in [2.75, 3.05) is 0 Å². The van der Waals surface area contributed by atoms with E-state index in [1.54, 1.807) is 0 Å². The van der Waals surface area contributed by atoms with Crippen molar-refractivity contribution in [2.24, 2.45) is 11.8 Å². The summed E-state index contributed by atoms with van der Waals surface area (Å²) in [7, 11) is 0. The summed E-state index contributed by atoms with van der Waals surface area (Å²) in [5.41, 5.74) is 2.29. The predicted octanol–water partition coefficient (Wildman–Crippen LogP) is 2.96. The number of carbonyl (C=O) groups is 1. The van der Waals surface area contributed by atoms with E-state index in [4.69, 9.17) is 0 Å². The van der Waals surface area contributed by atoms with Crippen LogP contribution in [-0.2, 0) is 4.79 Å². The van der Waals surface area contributed by atoms with Crippen molar-refractivity contribution in [3.8, 4) is 0 Å². The second-order valence-corrected chi connectivity index (χ2v) is 4.15. The van der Waals surface area contributed by atoms with E-state index < -0.39 is 0 Å². The molecule has 1 heteroatoms. The topological polar surface area (TPSA) is 17.1 Å². The van der Waals surface area contributed by atoms with Crippen LogP contribution in [0.1, 0.15) is 40.5 Å². The maximum atomic E-state index is 11.7. The second-order valence-electron chi connectivity index (χ2n) is 4.15. The molecular formula is C11H18O. The molecule has 0 radical (unpaired) electrons.